The Kier molecular flexibility index (Phi) is 4.21. The molecule has 3 atom stereocenters. The molecule has 24 heavy (non-hydrogen) atoms. The van der Waals surface area contributed by atoms with Crippen molar-refractivity contribution in [3.63, 3.8) is 0 Å². The first-order valence-electron chi connectivity index (χ1n) is 9.04. The monoisotopic (exact) mass is 343 g/mol. The van der Waals surface area contributed by atoms with E-state index in [0.29, 0.717) is 17.9 Å². The molecule has 128 valence electrons. The molecular formula is C19H25N3OS. The molecule has 2 aromatic rings. The number of hydrogen-bond acceptors (Lipinski definition) is 3. The maximum absolute atomic E-state index is 12.9. The molecule has 1 aliphatic heterocycles. The Morgan fingerprint density at radius 2 is 2.29 bits per heavy atom. The van der Waals surface area contributed by atoms with Crippen molar-refractivity contribution in [3.8, 4) is 0 Å². The van der Waals surface area contributed by atoms with Crippen molar-refractivity contribution in [2.45, 2.75) is 51.5 Å². The van der Waals surface area contributed by atoms with Crippen molar-refractivity contribution in [1.82, 2.24) is 14.5 Å². The van der Waals surface area contributed by atoms with Gasteiger partial charge < -0.3 is 9.47 Å². The summed E-state index contributed by atoms with van der Waals surface area (Å²) in [6, 6.07) is 4.76. The summed E-state index contributed by atoms with van der Waals surface area (Å²) in [4.78, 5) is 22.2. The first-order valence-corrected chi connectivity index (χ1v) is 9.86. The van der Waals surface area contributed by atoms with Gasteiger partial charge in [0.1, 0.15) is 5.82 Å². The fraction of sp³-hybridized carbons (Fsp3) is 0.579. The summed E-state index contributed by atoms with van der Waals surface area (Å²) < 4.78 is 2.28. The highest BCUT2D eigenvalue weighted by Gasteiger charge is 2.47. The molecule has 0 aromatic carbocycles. The molecule has 3 heterocycles. The van der Waals surface area contributed by atoms with Gasteiger partial charge in [0.05, 0.1) is 6.04 Å². The van der Waals surface area contributed by atoms with Gasteiger partial charge in [0.2, 0.25) is 5.91 Å². The molecule has 0 radical (unpaired) electrons. The van der Waals surface area contributed by atoms with E-state index in [-0.39, 0.29) is 5.92 Å². The van der Waals surface area contributed by atoms with E-state index < -0.39 is 0 Å². The predicted octanol–water partition coefficient (Wildman–Crippen LogP) is 3.78. The number of carbonyl (C=O) groups is 1. The zero-order valence-electron chi connectivity index (χ0n) is 14.4. The second kappa shape index (κ2) is 6.36. The molecule has 4 nitrogen and oxygen atoms in total. The lowest BCUT2D eigenvalue weighted by Gasteiger charge is -2.34. The standard InChI is InChI=1S/C19H25N3OS/c1-3-18-20-8-10-22(18)14-5-4-9-21(12-14)19(23)16-11-15(16)17-7-6-13(2)24-17/h6-8,10,14-16H,3-5,9,11-12H2,1-2H3/t14-,15-,16-/m1/s1. The number of carbonyl (C=O) groups excluding carboxylic acids is 1. The molecule has 5 heteroatoms. The topological polar surface area (TPSA) is 38.1 Å². The number of hydrogen-bond donors (Lipinski definition) is 0. The minimum absolute atomic E-state index is 0.218. The summed E-state index contributed by atoms with van der Waals surface area (Å²) in [5, 5.41) is 0. The lowest BCUT2D eigenvalue weighted by molar-refractivity contribution is -0.134. The van der Waals surface area contributed by atoms with Gasteiger partial charge in [-0.3, -0.25) is 4.79 Å². The molecule has 2 aromatic heterocycles. The quantitative estimate of drug-likeness (QED) is 0.847. The zero-order valence-corrected chi connectivity index (χ0v) is 15.3. The highest BCUT2D eigenvalue weighted by Crippen LogP contribution is 2.50. The van der Waals surface area contributed by atoms with Crippen LogP contribution in [0.1, 0.15) is 53.7 Å². The Morgan fingerprint density at radius 1 is 1.42 bits per heavy atom. The summed E-state index contributed by atoms with van der Waals surface area (Å²) in [6.07, 6.45) is 8.17. The number of nitrogens with zero attached hydrogens (tertiary/aromatic N) is 3. The molecule has 2 aliphatic rings. The highest BCUT2D eigenvalue weighted by atomic mass is 32.1. The van der Waals surface area contributed by atoms with Crippen molar-refractivity contribution < 1.29 is 4.79 Å². The summed E-state index contributed by atoms with van der Waals surface area (Å²) in [5.41, 5.74) is 0. The fourth-order valence-corrected chi connectivity index (χ4v) is 5.06. The van der Waals surface area contributed by atoms with Gasteiger partial charge in [-0.2, -0.15) is 0 Å². The molecule has 0 spiro atoms. The molecule has 0 bridgehead atoms. The highest BCUT2D eigenvalue weighted by molar-refractivity contribution is 7.12. The van der Waals surface area contributed by atoms with Crippen molar-refractivity contribution in [2.75, 3.05) is 13.1 Å². The van der Waals surface area contributed by atoms with Crippen LogP contribution in [-0.2, 0) is 11.2 Å². The smallest absolute Gasteiger partial charge is 0.226 e. The largest absolute Gasteiger partial charge is 0.340 e. The molecule has 0 unspecified atom stereocenters. The average molecular weight is 343 g/mol. The van der Waals surface area contributed by atoms with Crippen molar-refractivity contribution >= 4 is 17.2 Å². The molecule has 1 aliphatic carbocycles. The van der Waals surface area contributed by atoms with E-state index in [0.717, 1.165) is 44.6 Å². The second-order valence-corrected chi connectivity index (χ2v) is 8.40. The minimum Gasteiger partial charge on any atom is -0.340 e. The van der Waals surface area contributed by atoms with E-state index >= 15 is 0 Å². The van der Waals surface area contributed by atoms with Crippen LogP contribution in [0, 0.1) is 12.8 Å². The average Bonchev–Trinajstić information content (AvgIpc) is 3.04. The van der Waals surface area contributed by atoms with Crippen LogP contribution in [-0.4, -0.2) is 33.4 Å². The van der Waals surface area contributed by atoms with Crippen LogP contribution >= 0.6 is 11.3 Å². The molecule has 4 rings (SSSR count). The van der Waals surface area contributed by atoms with E-state index in [1.165, 1.54) is 9.75 Å². The number of likely N-dealkylation sites (tertiary alicyclic amines) is 1. The number of piperidine rings is 1. The summed E-state index contributed by atoms with van der Waals surface area (Å²) in [7, 11) is 0. The zero-order chi connectivity index (χ0) is 16.7. The fourth-order valence-electron chi connectivity index (χ4n) is 4.00. The third-order valence-electron chi connectivity index (χ3n) is 5.40. The van der Waals surface area contributed by atoms with Gasteiger partial charge in [-0.1, -0.05) is 6.92 Å². The number of aryl methyl sites for hydroxylation is 2. The van der Waals surface area contributed by atoms with E-state index in [4.69, 9.17) is 0 Å². The van der Waals surface area contributed by atoms with Crippen molar-refractivity contribution in [3.05, 3.63) is 40.1 Å². The first-order chi connectivity index (χ1) is 11.7. The number of rotatable bonds is 4. The van der Waals surface area contributed by atoms with Crippen LogP contribution in [0.5, 0.6) is 0 Å². The van der Waals surface area contributed by atoms with Gasteiger partial charge in [0.25, 0.3) is 0 Å². The van der Waals surface area contributed by atoms with Gasteiger partial charge in [-0.25, -0.2) is 4.98 Å². The van der Waals surface area contributed by atoms with Crippen LogP contribution in [0.2, 0.25) is 0 Å². The van der Waals surface area contributed by atoms with Gasteiger partial charge in [0.15, 0.2) is 0 Å². The van der Waals surface area contributed by atoms with Crippen molar-refractivity contribution in [1.29, 1.82) is 0 Å². The third kappa shape index (κ3) is 2.90. The van der Waals surface area contributed by atoms with Crippen LogP contribution in [0.15, 0.2) is 24.5 Å². The van der Waals surface area contributed by atoms with Gasteiger partial charge in [-0.15, -0.1) is 11.3 Å². The first kappa shape index (κ1) is 15.9. The maximum Gasteiger partial charge on any atom is 0.226 e. The van der Waals surface area contributed by atoms with Gasteiger partial charge >= 0.3 is 0 Å². The lowest BCUT2D eigenvalue weighted by Crippen LogP contribution is -2.41. The SMILES string of the molecule is CCc1nccn1[C@@H]1CCCN(C(=O)[C@@H]2C[C@H]2c2ccc(C)s2)C1. The number of aromatic nitrogens is 2. The van der Waals surface area contributed by atoms with Crippen LogP contribution < -0.4 is 0 Å². The van der Waals surface area contributed by atoms with Crippen LogP contribution in [0.4, 0.5) is 0 Å². The third-order valence-corrected chi connectivity index (χ3v) is 6.53. The molecule has 1 amide bonds. The van der Waals surface area contributed by atoms with Gasteiger partial charge in [0, 0.05) is 53.5 Å². The van der Waals surface area contributed by atoms with Gasteiger partial charge in [-0.05, 0) is 38.3 Å². The number of amides is 1. The second-order valence-electron chi connectivity index (χ2n) is 7.08. The van der Waals surface area contributed by atoms with E-state index in [2.05, 4.69) is 46.6 Å². The van der Waals surface area contributed by atoms with Crippen LogP contribution in [0.25, 0.3) is 0 Å². The minimum atomic E-state index is 0.218. The van der Waals surface area contributed by atoms with E-state index in [9.17, 15) is 4.79 Å². The molecular weight excluding hydrogens is 318 g/mol. The number of thiophene rings is 1. The maximum atomic E-state index is 12.9. The molecule has 1 saturated carbocycles. The Labute approximate surface area is 147 Å². The Balaban J connectivity index is 1.42. The summed E-state index contributed by atoms with van der Waals surface area (Å²) in [5.74, 6) is 2.19. The van der Waals surface area contributed by atoms with E-state index in [1.54, 1.807) is 0 Å². The Hall–Kier alpha value is -1.62. The van der Waals surface area contributed by atoms with Crippen LogP contribution in [0.3, 0.4) is 0 Å². The molecule has 1 saturated heterocycles. The van der Waals surface area contributed by atoms with Crippen molar-refractivity contribution in [2.24, 2.45) is 5.92 Å². The van der Waals surface area contributed by atoms with E-state index in [1.807, 2.05) is 17.5 Å². The molecule has 0 N–H and O–H groups in total. The summed E-state index contributed by atoms with van der Waals surface area (Å²) >= 11 is 1.85. The normalized spacial score (nSPS) is 26.6. The Bertz CT molecular complexity index is 735. The predicted molar refractivity (Wildman–Crippen MR) is 96.4 cm³/mol. The Morgan fingerprint density at radius 3 is 3.04 bits per heavy atom. The molecule has 2 fully saturated rings. The lowest BCUT2D eigenvalue weighted by atomic mass is 10.0. The number of imidazole rings is 1. The summed E-state index contributed by atoms with van der Waals surface area (Å²) in [6.45, 7) is 6.04.